The topological polar surface area (TPSA) is 114 Å². The van der Waals surface area contributed by atoms with Gasteiger partial charge in [0.25, 0.3) is 0 Å². The third-order valence-electron chi connectivity index (χ3n) is 7.21. The van der Waals surface area contributed by atoms with Crippen LogP contribution in [-0.4, -0.2) is 31.1 Å². The first-order valence-corrected chi connectivity index (χ1v) is 14.9. The lowest BCUT2D eigenvalue weighted by atomic mass is 9.84. The van der Waals surface area contributed by atoms with Gasteiger partial charge < -0.3 is 11.1 Å². The van der Waals surface area contributed by atoms with E-state index >= 15 is 0 Å². The van der Waals surface area contributed by atoms with Gasteiger partial charge in [-0.2, -0.15) is 0 Å². The molecule has 1 amide bonds. The van der Waals surface area contributed by atoms with Crippen LogP contribution in [0.3, 0.4) is 0 Å². The summed E-state index contributed by atoms with van der Waals surface area (Å²) in [6, 6.07) is 20.1. The van der Waals surface area contributed by atoms with E-state index in [9.17, 15) is 13.2 Å². The number of pyridine rings is 1. The highest BCUT2D eigenvalue weighted by atomic mass is 32.2. The molecule has 1 fully saturated rings. The van der Waals surface area contributed by atoms with Gasteiger partial charge in [-0.1, -0.05) is 54.6 Å². The van der Waals surface area contributed by atoms with Crippen LogP contribution in [0.25, 0.3) is 22.4 Å². The van der Waals surface area contributed by atoms with Crippen LogP contribution < -0.4 is 15.8 Å². The molecule has 0 aliphatic heterocycles. The average molecular weight is 535 g/mol. The highest BCUT2D eigenvalue weighted by Gasteiger charge is 2.26. The maximum Gasteiger partial charge on any atom is 0.224 e. The number of hydrogen-bond donors (Lipinski definition) is 3. The first-order chi connectivity index (χ1) is 18.0. The summed E-state index contributed by atoms with van der Waals surface area (Å²) in [7, 11) is -3.20. The van der Waals surface area contributed by atoms with Crippen molar-refractivity contribution in [3.8, 4) is 22.4 Å². The lowest BCUT2D eigenvalue weighted by Gasteiger charge is -2.28. The van der Waals surface area contributed by atoms with Crippen LogP contribution in [0.4, 0.5) is 5.69 Å². The molecule has 0 bridgehead atoms. The number of aromatic nitrogens is 1. The van der Waals surface area contributed by atoms with Crippen molar-refractivity contribution in [2.24, 2.45) is 11.7 Å². The highest BCUT2D eigenvalue weighted by Crippen LogP contribution is 2.34. The summed E-state index contributed by atoms with van der Waals surface area (Å²) < 4.78 is 26.5. The SMILES string of the molecule is CCS(=O)(=O)N[C@H]1CC[C@H](CC(=O)Nc2cnc(-c3ccc(C(C)(C)N)cc3)c(-c3ccccc3)c2)CC1. The predicted octanol–water partition coefficient (Wildman–Crippen LogP) is 5.44. The Morgan fingerprint density at radius 1 is 1.00 bits per heavy atom. The fraction of sp³-hybridized carbons (Fsp3) is 0.400. The van der Waals surface area contributed by atoms with Gasteiger partial charge in [-0.25, -0.2) is 13.1 Å². The minimum absolute atomic E-state index is 0.0329. The van der Waals surface area contributed by atoms with E-state index in [1.807, 2.05) is 74.5 Å². The number of carbonyl (C=O) groups is 1. The second kappa shape index (κ2) is 11.8. The number of rotatable bonds is 9. The quantitative estimate of drug-likeness (QED) is 0.338. The molecule has 1 aliphatic rings. The summed E-state index contributed by atoms with van der Waals surface area (Å²) in [5.41, 5.74) is 11.3. The summed E-state index contributed by atoms with van der Waals surface area (Å²) in [6.07, 6.45) is 5.28. The molecule has 0 saturated heterocycles. The second-order valence-electron chi connectivity index (χ2n) is 10.8. The Morgan fingerprint density at radius 3 is 2.26 bits per heavy atom. The van der Waals surface area contributed by atoms with Gasteiger partial charge in [0.15, 0.2) is 0 Å². The van der Waals surface area contributed by atoms with Crippen LogP contribution in [0, 0.1) is 5.92 Å². The molecular formula is C30H38N4O3S. The molecule has 7 nitrogen and oxygen atoms in total. The molecule has 202 valence electrons. The van der Waals surface area contributed by atoms with Gasteiger partial charge in [-0.05, 0) is 69.6 Å². The smallest absolute Gasteiger partial charge is 0.224 e. The Morgan fingerprint density at radius 2 is 1.66 bits per heavy atom. The molecule has 0 radical (unpaired) electrons. The molecule has 2 aromatic carbocycles. The molecule has 1 aromatic heterocycles. The number of hydrogen-bond acceptors (Lipinski definition) is 5. The summed E-state index contributed by atoms with van der Waals surface area (Å²) in [6.45, 7) is 5.60. The molecule has 4 N–H and O–H groups in total. The van der Waals surface area contributed by atoms with Gasteiger partial charge in [0.2, 0.25) is 15.9 Å². The molecule has 3 aromatic rings. The Bertz CT molecular complexity index is 1340. The van der Waals surface area contributed by atoms with E-state index < -0.39 is 15.6 Å². The Hall–Kier alpha value is -3.07. The van der Waals surface area contributed by atoms with Gasteiger partial charge >= 0.3 is 0 Å². The van der Waals surface area contributed by atoms with Crippen molar-refractivity contribution < 1.29 is 13.2 Å². The molecule has 8 heteroatoms. The molecule has 1 heterocycles. The Kier molecular flexibility index (Phi) is 8.65. The predicted molar refractivity (Wildman–Crippen MR) is 154 cm³/mol. The fourth-order valence-corrected chi connectivity index (χ4v) is 5.86. The monoisotopic (exact) mass is 534 g/mol. The lowest BCUT2D eigenvalue weighted by molar-refractivity contribution is -0.117. The minimum atomic E-state index is -3.20. The van der Waals surface area contributed by atoms with Gasteiger partial charge in [0.05, 0.1) is 23.3 Å². The number of carbonyl (C=O) groups excluding carboxylic acids is 1. The van der Waals surface area contributed by atoms with Crippen LogP contribution in [-0.2, 0) is 20.4 Å². The van der Waals surface area contributed by atoms with E-state index in [0.29, 0.717) is 12.1 Å². The van der Waals surface area contributed by atoms with E-state index in [2.05, 4.69) is 10.0 Å². The minimum Gasteiger partial charge on any atom is -0.325 e. The molecule has 1 saturated carbocycles. The second-order valence-corrected chi connectivity index (χ2v) is 12.8. The molecule has 0 unspecified atom stereocenters. The zero-order valence-electron chi connectivity index (χ0n) is 22.4. The van der Waals surface area contributed by atoms with Crippen LogP contribution in [0.5, 0.6) is 0 Å². The number of nitrogens with zero attached hydrogens (tertiary/aromatic N) is 1. The van der Waals surface area contributed by atoms with Crippen LogP contribution in [0.15, 0.2) is 66.9 Å². The molecule has 1 aliphatic carbocycles. The van der Waals surface area contributed by atoms with Crippen molar-refractivity contribution in [3.63, 3.8) is 0 Å². The first kappa shape index (κ1) is 28.0. The van der Waals surface area contributed by atoms with Gasteiger partial charge in [-0.3, -0.25) is 9.78 Å². The zero-order valence-corrected chi connectivity index (χ0v) is 23.2. The average Bonchev–Trinajstić information content (AvgIpc) is 2.90. The first-order valence-electron chi connectivity index (χ1n) is 13.3. The normalized spacial score (nSPS) is 18.2. The van der Waals surface area contributed by atoms with E-state index in [1.54, 1.807) is 13.1 Å². The van der Waals surface area contributed by atoms with Gasteiger partial charge in [-0.15, -0.1) is 0 Å². The van der Waals surface area contributed by atoms with Gasteiger partial charge in [0, 0.05) is 29.1 Å². The number of anilines is 1. The largest absolute Gasteiger partial charge is 0.325 e. The molecule has 0 atom stereocenters. The number of nitrogens with two attached hydrogens (primary N) is 1. The van der Waals surface area contributed by atoms with Crippen molar-refractivity contribution in [3.05, 3.63) is 72.4 Å². The summed E-state index contributed by atoms with van der Waals surface area (Å²) in [5.74, 6) is 0.277. The molecule has 38 heavy (non-hydrogen) atoms. The molecule has 4 rings (SSSR count). The van der Waals surface area contributed by atoms with Crippen molar-refractivity contribution in [1.29, 1.82) is 0 Å². The van der Waals surface area contributed by atoms with E-state index in [4.69, 9.17) is 10.7 Å². The Balaban J connectivity index is 1.47. The number of sulfonamides is 1. The van der Waals surface area contributed by atoms with Crippen LogP contribution in [0.2, 0.25) is 0 Å². The number of benzene rings is 2. The van der Waals surface area contributed by atoms with Gasteiger partial charge in [0.1, 0.15) is 0 Å². The summed E-state index contributed by atoms with van der Waals surface area (Å²) >= 11 is 0. The standard InChI is InChI=1S/C30H38N4O3S/c1-4-38(36,37)34-25-16-10-21(11-17-25)18-28(35)33-26-19-27(22-8-6-5-7-9-22)29(32-20-26)23-12-14-24(15-13-23)30(2,3)31/h5-9,12-15,19-21,25,34H,4,10-11,16-18,31H2,1-3H3,(H,33,35)/t21-,25-. The maximum absolute atomic E-state index is 12.9. The van der Waals surface area contributed by atoms with Crippen LogP contribution in [0.1, 0.15) is 58.4 Å². The number of amides is 1. The van der Waals surface area contributed by atoms with Crippen molar-refractivity contribution in [1.82, 2.24) is 9.71 Å². The van der Waals surface area contributed by atoms with Crippen molar-refractivity contribution >= 4 is 21.6 Å². The molecule has 0 spiro atoms. The summed E-state index contributed by atoms with van der Waals surface area (Å²) in [5, 5.41) is 3.04. The highest BCUT2D eigenvalue weighted by molar-refractivity contribution is 7.89. The number of nitrogens with one attached hydrogen (secondary N) is 2. The van der Waals surface area contributed by atoms with E-state index in [1.165, 1.54) is 0 Å². The van der Waals surface area contributed by atoms with Crippen LogP contribution >= 0.6 is 0 Å². The third-order valence-corrected chi connectivity index (χ3v) is 8.66. The lowest BCUT2D eigenvalue weighted by Crippen LogP contribution is -2.38. The van der Waals surface area contributed by atoms with E-state index in [-0.39, 0.29) is 23.6 Å². The fourth-order valence-electron chi connectivity index (χ4n) is 4.95. The molecular weight excluding hydrogens is 496 g/mol. The zero-order chi connectivity index (χ0) is 27.3. The van der Waals surface area contributed by atoms with Crippen molar-refractivity contribution in [2.45, 2.75) is 64.5 Å². The van der Waals surface area contributed by atoms with Crippen molar-refractivity contribution in [2.75, 3.05) is 11.1 Å². The Labute approximate surface area is 226 Å². The third kappa shape index (κ3) is 7.28. The summed E-state index contributed by atoms with van der Waals surface area (Å²) in [4.78, 5) is 17.7. The van der Waals surface area contributed by atoms with E-state index in [0.717, 1.165) is 53.6 Å². The maximum atomic E-state index is 12.9.